The highest BCUT2D eigenvalue weighted by atomic mass is 35.5. The normalized spacial score (nSPS) is 13.4. The lowest BCUT2D eigenvalue weighted by Crippen LogP contribution is -2.39. The number of anilines is 1. The standard InChI is InChI=1S/C17H17ClF2N2O/c1-10(12-6-7-15(19)16(20)8-12)21-11(2)17(23)22-14-5-3-4-13(18)9-14/h3-11,21H,1-2H3,(H,22,23)/t10-,11+/m0/s1. The molecule has 2 atom stereocenters. The maximum atomic E-state index is 13.3. The zero-order valence-corrected chi connectivity index (χ0v) is 13.5. The van der Waals surface area contributed by atoms with E-state index in [0.717, 1.165) is 12.1 Å². The number of carbonyl (C=O) groups excluding carboxylic acids is 1. The Balaban J connectivity index is 1.98. The lowest BCUT2D eigenvalue weighted by molar-refractivity contribution is -0.117. The van der Waals surface area contributed by atoms with E-state index in [-0.39, 0.29) is 11.9 Å². The molecule has 2 rings (SSSR count). The second-order valence-electron chi connectivity index (χ2n) is 5.28. The highest BCUT2D eigenvalue weighted by molar-refractivity contribution is 6.30. The quantitative estimate of drug-likeness (QED) is 0.853. The van der Waals surface area contributed by atoms with Gasteiger partial charge in [0.25, 0.3) is 0 Å². The third-order valence-electron chi connectivity index (χ3n) is 3.43. The van der Waals surface area contributed by atoms with Gasteiger partial charge >= 0.3 is 0 Å². The number of rotatable bonds is 5. The van der Waals surface area contributed by atoms with Crippen LogP contribution in [0.3, 0.4) is 0 Å². The van der Waals surface area contributed by atoms with Crippen molar-refractivity contribution in [3.63, 3.8) is 0 Å². The van der Waals surface area contributed by atoms with Crippen LogP contribution in [0.1, 0.15) is 25.5 Å². The Hall–Kier alpha value is -1.98. The van der Waals surface area contributed by atoms with Crippen molar-refractivity contribution < 1.29 is 13.6 Å². The van der Waals surface area contributed by atoms with Gasteiger partial charge in [-0.2, -0.15) is 0 Å². The fourth-order valence-electron chi connectivity index (χ4n) is 2.15. The molecule has 0 unspecified atom stereocenters. The molecule has 0 saturated carbocycles. The molecular weight excluding hydrogens is 322 g/mol. The Kier molecular flexibility index (Phi) is 5.69. The highest BCUT2D eigenvalue weighted by Gasteiger charge is 2.17. The zero-order chi connectivity index (χ0) is 17.0. The first kappa shape index (κ1) is 17.4. The molecule has 1 amide bonds. The van der Waals surface area contributed by atoms with Crippen LogP contribution in [0, 0.1) is 11.6 Å². The first-order chi connectivity index (χ1) is 10.9. The van der Waals surface area contributed by atoms with Crippen LogP contribution in [0.4, 0.5) is 14.5 Å². The molecule has 0 radical (unpaired) electrons. The Morgan fingerprint density at radius 1 is 1.09 bits per heavy atom. The van der Waals surface area contributed by atoms with Crippen molar-refractivity contribution in [3.8, 4) is 0 Å². The molecule has 2 aromatic carbocycles. The summed E-state index contributed by atoms with van der Waals surface area (Å²) in [6.45, 7) is 3.46. The fourth-order valence-corrected chi connectivity index (χ4v) is 2.34. The summed E-state index contributed by atoms with van der Waals surface area (Å²) in [5, 5.41) is 6.31. The Labute approximate surface area is 138 Å². The summed E-state index contributed by atoms with van der Waals surface area (Å²) in [5.41, 5.74) is 1.16. The molecule has 0 aliphatic rings. The van der Waals surface area contributed by atoms with Gasteiger partial charge in [-0.05, 0) is 49.7 Å². The van der Waals surface area contributed by atoms with Gasteiger partial charge in [0.15, 0.2) is 11.6 Å². The van der Waals surface area contributed by atoms with Crippen LogP contribution in [-0.4, -0.2) is 11.9 Å². The van der Waals surface area contributed by atoms with Crippen molar-refractivity contribution in [2.45, 2.75) is 25.9 Å². The van der Waals surface area contributed by atoms with Crippen LogP contribution >= 0.6 is 11.6 Å². The van der Waals surface area contributed by atoms with Gasteiger partial charge in [0.05, 0.1) is 6.04 Å². The van der Waals surface area contributed by atoms with Gasteiger partial charge in [-0.15, -0.1) is 0 Å². The minimum Gasteiger partial charge on any atom is -0.325 e. The van der Waals surface area contributed by atoms with Gasteiger partial charge < -0.3 is 5.32 Å². The molecule has 0 spiro atoms. The molecule has 0 fully saturated rings. The summed E-state index contributed by atoms with van der Waals surface area (Å²) in [5.74, 6) is -2.05. The van der Waals surface area contributed by atoms with Gasteiger partial charge in [-0.1, -0.05) is 23.7 Å². The first-order valence-corrected chi connectivity index (χ1v) is 7.52. The number of hydrogen-bond acceptors (Lipinski definition) is 2. The van der Waals surface area contributed by atoms with Crippen LogP contribution < -0.4 is 10.6 Å². The molecule has 0 saturated heterocycles. The molecule has 3 nitrogen and oxygen atoms in total. The molecule has 0 bridgehead atoms. The third kappa shape index (κ3) is 4.74. The molecule has 122 valence electrons. The molecular formula is C17H17ClF2N2O. The molecule has 0 aliphatic carbocycles. The van der Waals surface area contributed by atoms with E-state index in [2.05, 4.69) is 10.6 Å². The van der Waals surface area contributed by atoms with E-state index < -0.39 is 17.7 Å². The van der Waals surface area contributed by atoms with Crippen molar-refractivity contribution in [3.05, 3.63) is 64.7 Å². The molecule has 23 heavy (non-hydrogen) atoms. The lowest BCUT2D eigenvalue weighted by Gasteiger charge is -2.20. The summed E-state index contributed by atoms with van der Waals surface area (Å²) in [6, 6.07) is 9.65. The van der Waals surface area contributed by atoms with E-state index in [1.807, 2.05) is 0 Å². The largest absolute Gasteiger partial charge is 0.325 e. The Morgan fingerprint density at radius 2 is 1.83 bits per heavy atom. The fraction of sp³-hybridized carbons (Fsp3) is 0.235. The van der Waals surface area contributed by atoms with Gasteiger partial charge in [-0.25, -0.2) is 8.78 Å². The number of amides is 1. The minimum atomic E-state index is -0.910. The predicted octanol–water partition coefficient (Wildman–Crippen LogP) is 4.30. The number of nitrogens with one attached hydrogen (secondary N) is 2. The summed E-state index contributed by atoms with van der Waals surface area (Å²) >= 11 is 5.87. The second-order valence-corrected chi connectivity index (χ2v) is 5.72. The zero-order valence-electron chi connectivity index (χ0n) is 12.7. The molecule has 2 aromatic rings. The SMILES string of the molecule is C[C@H](N[C@H](C)C(=O)Nc1cccc(Cl)c1)c1ccc(F)c(F)c1. The van der Waals surface area contributed by atoms with Crippen LogP contribution in [0.2, 0.25) is 5.02 Å². The Bertz CT molecular complexity index is 709. The Morgan fingerprint density at radius 3 is 2.48 bits per heavy atom. The van der Waals surface area contributed by atoms with Gasteiger partial charge in [0.2, 0.25) is 5.91 Å². The number of benzene rings is 2. The van der Waals surface area contributed by atoms with Crippen molar-refractivity contribution in [1.82, 2.24) is 5.32 Å². The number of carbonyl (C=O) groups is 1. The summed E-state index contributed by atoms with van der Waals surface area (Å²) in [4.78, 5) is 12.2. The predicted molar refractivity (Wildman–Crippen MR) is 87.5 cm³/mol. The summed E-state index contributed by atoms with van der Waals surface area (Å²) in [6.07, 6.45) is 0. The van der Waals surface area contributed by atoms with Crippen molar-refractivity contribution in [2.24, 2.45) is 0 Å². The topological polar surface area (TPSA) is 41.1 Å². The average molecular weight is 339 g/mol. The first-order valence-electron chi connectivity index (χ1n) is 7.14. The van der Waals surface area contributed by atoms with E-state index in [1.54, 1.807) is 38.1 Å². The maximum Gasteiger partial charge on any atom is 0.241 e. The molecule has 0 aromatic heterocycles. The molecule has 0 heterocycles. The molecule has 2 N–H and O–H groups in total. The number of halogens is 3. The smallest absolute Gasteiger partial charge is 0.241 e. The number of hydrogen-bond donors (Lipinski definition) is 2. The van der Waals surface area contributed by atoms with Crippen LogP contribution in [0.15, 0.2) is 42.5 Å². The van der Waals surface area contributed by atoms with Crippen LogP contribution in [0.25, 0.3) is 0 Å². The molecule has 0 aliphatic heterocycles. The summed E-state index contributed by atoms with van der Waals surface area (Å²) < 4.78 is 26.2. The van der Waals surface area contributed by atoms with Gasteiger partial charge in [-0.3, -0.25) is 10.1 Å². The van der Waals surface area contributed by atoms with E-state index in [0.29, 0.717) is 16.3 Å². The average Bonchev–Trinajstić information content (AvgIpc) is 2.49. The lowest BCUT2D eigenvalue weighted by atomic mass is 10.1. The molecule has 6 heteroatoms. The summed E-state index contributed by atoms with van der Waals surface area (Å²) in [7, 11) is 0. The maximum absolute atomic E-state index is 13.3. The third-order valence-corrected chi connectivity index (χ3v) is 3.66. The van der Waals surface area contributed by atoms with E-state index in [9.17, 15) is 13.6 Å². The van der Waals surface area contributed by atoms with Crippen molar-refractivity contribution in [2.75, 3.05) is 5.32 Å². The van der Waals surface area contributed by atoms with Gasteiger partial charge in [0.1, 0.15) is 0 Å². The van der Waals surface area contributed by atoms with E-state index >= 15 is 0 Å². The van der Waals surface area contributed by atoms with Crippen LogP contribution in [0.5, 0.6) is 0 Å². The van der Waals surface area contributed by atoms with Crippen molar-refractivity contribution >= 4 is 23.2 Å². The monoisotopic (exact) mass is 338 g/mol. The van der Waals surface area contributed by atoms with E-state index in [4.69, 9.17) is 11.6 Å². The van der Waals surface area contributed by atoms with E-state index in [1.165, 1.54) is 6.07 Å². The minimum absolute atomic E-state index is 0.248. The highest BCUT2D eigenvalue weighted by Crippen LogP contribution is 2.18. The second kappa shape index (κ2) is 7.53. The van der Waals surface area contributed by atoms with Crippen LogP contribution in [-0.2, 0) is 4.79 Å². The van der Waals surface area contributed by atoms with Gasteiger partial charge in [0, 0.05) is 16.8 Å². The van der Waals surface area contributed by atoms with Crippen molar-refractivity contribution in [1.29, 1.82) is 0 Å².